The molecule has 0 saturated heterocycles. The SMILES string of the molecule is [2H]C1=C([2H])C([2H])C([2H])C(c2cccc([Si](c3ccccc3)(c3ccccc3)c3cccc4c3C3c5ccccc5C4c4cccc(-n5c6ccccc6c6cc(-c7c(-c8c([2H])c([2H])c([2H])c([2H])c8[2H])cccc7-c7c([2H])c([2H])c([2H])c([2H])c7[2H])ccc65)c43)c2)=C1[2H]. The quantitative estimate of drug-likeness (QED) is 0.100. The van der Waals surface area contributed by atoms with E-state index in [4.69, 9.17) is 12.3 Å². The Morgan fingerprint density at radius 1 is 0.434 bits per heavy atom. The van der Waals surface area contributed by atoms with Gasteiger partial charge in [0.15, 0.2) is 8.07 Å². The van der Waals surface area contributed by atoms with Gasteiger partial charge in [0.2, 0.25) is 0 Å². The molecule has 1 aromatic heterocycles. The van der Waals surface area contributed by atoms with E-state index in [2.05, 4.69) is 138 Å². The Balaban J connectivity index is 0.999. The zero-order valence-electron chi connectivity index (χ0n) is 55.9. The van der Waals surface area contributed by atoms with Crippen LogP contribution in [0.15, 0.2) is 285 Å². The fourth-order valence-electron chi connectivity index (χ4n) is 13.0. The topological polar surface area (TPSA) is 4.93 Å². The number of hydrogen-bond donors (Lipinski definition) is 0. The molecule has 1 heterocycles. The molecule has 4 unspecified atom stereocenters. The molecule has 4 aliphatic carbocycles. The number of fused-ring (bicyclic) bond motifs is 3. The molecule has 358 valence electrons. The van der Waals surface area contributed by atoms with E-state index in [-0.39, 0.29) is 57.8 Å². The maximum atomic E-state index is 9.29. The van der Waals surface area contributed by atoms with Crippen molar-refractivity contribution in [1.29, 1.82) is 0 Å². The molecule has 2 bridgehead atoms. The summed E-state index contributed by atoms with van der Waals surface area (Å²) in [6.07, 6.45) is -2.58. The third kappa shape index (κ3) is 6.77. The van der Waals surface area contributed by atoms with Gasteiger partial charge >= 0.3 is 0 Å². The van der Waals surface area contributed by atoms with Crippen molar-refractivity contribution in [3.63, 3.8) is 0 Å². The second-order valence-electron chi connectivity index (χ2n) is 19.6. The van der Waals surface area contributed by atoms with Gasteiger partial charge in [0, 0.05) is 25.3 Å². The first-order valence-electron chi connectivity index (χ1n) is 33.2. The highest BCUT2D eigenvalue weighted by Crippen LogP contribution is 2.57. The molecule has 4 aliphatic rings. The number of benzene rings is 11. The van der Waals surface area contributed by atoms with Crippen LogP contribution in [-0.2, 0) is 0 Å². The van der Waals surface area contributed by atoms with E-state index in [0.717, 1.165) is 59.4 Å². The Morgan fingerprint density at radius 3 is 1.74 bits per heavy atom. The first-order valence-corrected chi connectivity index (χ1v) is 27.6. The van der Waals surface area contributed by atoms with Crippen LogP contribution < -0.4 is 20.7 Å². The first kappa shape index (κ1) is 31.6. The molecule has 12 aromatic rings. The van der Waals surface area contributed by atoms with E-state index in [0.29, 0.717) is 16.7 Å². The Labute approximate surface area is 467 Å². The summed E-state index contributed by atoms with van der Waals surface area (Å²) in [5.74, 6) is -0.542. The van der Waals surface area contributed by atoms with Crippen LogP contribution in [-0.4, -0.2) is 12.6 Å². The van der Waals surface area contributed by atoms with Crippen LogP contribution in [0.5, 0.6) is 0 Å². The zero-order chi connectivity index (χ0) is 63.2. The molecule has 0 saturated carbocycles. The highest BCUT2D eigenvalue weighted by molar-refractivity contribution is 7.20. The molecule has 11 aromatic carbocycles. The van der Waals surface area contributed by atoms with Gasteiger partial charge in [0.05, 0.1) is 34.5 Å². The Morgan fingerprint density at radius 2 is 1.01 bits per heavy atom. The highest BCUT2D eigenvalue weighted by atomic mass is 28.3. The number of nitrogens with zero attached hydrogens (tertiary/aromatic N) is 1. The Hall–Kier alpha value is -9.08. The van der Waals surface area contributed by atoms with Crippen molar-refractivity contribution in [2.75, 3.05) is 0 Å². The minimum Gasteiger partial charge on any atom is -0.309 e. The van der Waals surface area contributed by atoms with Gasteiger partial charge in [-0.2, -0.15) is 0 Å². The van der Waals surface area contributed by atoms with Crippen molar-refractivity contribution in [1.82, 2.24) is 4.57 Å². The predicted molar refractivity (Wildman–Crippen MR) is 322 cm³/mol. The number of hydrogen-bond acceptors (Lipinski definition) is 0. The van der Waals surface area contributed by atoms with Gasteiger partial charge < -0.3 is 4.57 Å². The third-order valence-electron chi connectivity index (χ3n) is 15.9. The fourth-order valence-corrected chi connectivity index (χ4v) is 18.1. The van der Waals surface area contributed by atoms with Gasteiger partial charge in [-0.25, -0.2) is 0 Å². The standard InChI is InChI=1S/C74H53NSi/c1-6-24-50(25-7-1)53-30-20-35-57(48-53)76(55-31-12-4-13-32-55,56-33-14-5-15-34-56)69-45-23-42-64-71-61-37-16-17-38-62(61)74(73(64)69)72-63(71)41-22-44-68(72)75-66-43-19-18-36-60(66)65-49-54(46-47-67(65)75)70-58(51-26-8-2-9-27-51)39-21-40-59(70)52-28-10-3-11-29-52/h1-6,8-24,26-49,71,74H,7,25H2/i1D,2D,3D,6D,7D,8D,9D,10D,11D,24D,25D,26D,27D,28D,29D. The predicted octanol–water partition coefficient (Wildman–Crippen LogP) is 15.9. The van der Waals surface area contributed by atoms with Crippen LogP contribution in [0.1, 0.15) is 84.1 Å². The van der Waals surface area contributed by atoms with Crippen LogP contribution in [0, 0.1) is 0 Å². The van der Waals surface area contributed by atoms with Crippen molar-refractivity contribution in [3.8, 4) is 39.1 Å². The molecule has 2 heteroatoms. The van der Waals surface area contributed by atoms with Crippen LogP contribution in [0.25, 0.3) is 66.4 Å². The monoisotopic (exact) mass is 998 g/mol. The summed E-state index contributed by atoms with van der Waals surface area (Å²) in [4.78, 5) is 0. The maximum Gasteiger partial charge on any atom is 0.179 e. The van der Waals surface area contributed by atoms with E-state index in [9.17, 15) is 8.22 Å². The van der Waals surface area contributed by atoms with Crippen LogP contribution in [0.2, 0.25) is 0 Å². The lowest BCUT2D eigenvalue weighted by Gasteiger charge is -2.47. The number of aromatic nitrogens is 1. The number of para-hydroxylation sites is 1. The van der Waals surface area contributed by atoms with Crippen molar-refractivity contribution in [2.45, 2.75) is 24.6 Å². The second-order valence-corrected chi connectivity index (χ2v) is 23.4. The highest BCUT2D eigenvalue weighted by Gasteiger charge is 2.50. The molecule has 76 heavy (non-hydrogen) atoms. The van der Waals surface area contributed by atoms with Crippen LogP contribution in [0.4, 0.5) is 0 Å². The van der Waals surface area contributed by atoms with E-state index < -0.39 is 81.3 Å². The van der Waals surface area contributed by atoms with E-state index in [1.807, 2.05) is 54.6 Å². The molecular formula is C74H53NSi. The minimum atomic E-state index is -3.55. The second kappa shape index (κ2) is 18.1. The molecule has 0 radical (unpaired) electrons. The summed E-state index contributed by atoms with van der Waals surface area (Å²) in [7, 11) is -3.55. The lowest BCUT2D eigenvalue weighted by molar-refractivity contribution is 0.752. The van der Waals surface area contributed by atoms with Crippen LogP contribution in [0.3, 0.4) is 0 Å². The van der Waals surface area contributed by atoms with Gasteiger partial charge in [-0.3, -0.25) is 0 Å². The van der Waals surface area contributed by atoms with E-state index >= 15 is 0 Å². The summed E-state index contributed by atoms with van der Waals surface area (Å²) in [5.41, 5.74) is 11.6. The zero-order valence-corrected chi connectivity index (χ0v) is 41.9. The molecule has 0 fully saturated rings. The van der Waals surface area contributed by atoms with E-state index in [1.165, 1.54) is 22.3 Å². The van der Waals surface area contributed by atoms with Crippen LogP contribution >= 0.6 is 0 Å². The van der Waals surface area contributed by atoms with Crippen molar-refractivity contribution in [2.24, 2.45) is 0 Å². The summed E-state index contributed by atoms with van der Waals surface area (Å²) in [6, 6.07) is 64.3. The third-order valence-corrected chi connectivity index (χ3v) is 20.7. The van der Waals surface area contributed by atoms with Crippen molar-refractivity contribution >= 4 is 56.2 Å². The molecule has 4 atom stereocenters. The summed E-state index contributed by atoms with van der Waals surface area (Å²) >= 11 is 0. The average molecular weight is 999 g/mol. The maximum absolute atomic E-state index is 9.29. The van der Waals surface area contributed by atoms with E-state index in [1.54, 1.807) is 18.2 Å². The summed E-state index contributed by atoms with van der Waals surface area (Å²) < 4.78 is 136. The average Bonchev–Trinajstić information content (AvgIpc) is 1.28. The summed E-state index contributed by atoms with van der Waals surface area (Å²) in [6.45, 7) is 0. The number of rotatable bonds is 9. The molecular weight excluding hydrogens is 931 g/mol. The van der Waals surface area contributed by atoms with Gasteiger partial charge in [0.1, 0.15) is 0 Å². The first-order chi connectivity index (χ1) is 44.0. The van der Waals surface area contributed by atoms with Gasteiger partial charge in [-0.1, -0.05) is 261 Å². The van der Waals surface area contributed by atoms with Crippen molar-refractivity contribution in [3.05, 3.63) is 324 Å². The molecule has 0 N–H and O–H groups in total. The fraction of sp³-hybridized carbons (Fsp3) is 0.0541. The van der Waals surface area contributed by atoms with Crippen molar-refractivity contribution < 1.29 is 20.6 Å². The summed E-state index contributed by atoms with van der Waals surface area (Å²) in [5, 5.41) is 6.04. The molecule has 0 aliphatic heterocycles. The largest absolute Gasteiger partial charge is 0.309 e. The number of allylic oxidation sites excluding steroid dienone is 4. The Bertz CT molecular complexity index is 4990. The minimum absolute atomic E-state index is 0.0982. The Kier molecular flexibility index (Phi) is 7.52. The smallest absolute Gasteiger partial charge is 0.179 e. The lowest BCUT2D eigenvalue weighted by Crippen LogP contribution is -2.75. The molecule has 0 amide bonds. The molecule has 1 nitrogen and oxygen atoms in total. The molecule has 16 rings (SSSR count). The lowest BCUT2D eigenvalue weighted by atomic mass is 9.60. The molecule has 0 spiro atoms. The van der Waals surface area contributed by atoms with Gasteiger partial charge in [0.25, 0.3) is 0 Å². The van der Waals surface area contributed by atoms with Gasteiger partial charge in [-0.05, 0) is 136 Å². The van der Waals surface area contributed by atoms with Gasteiger partial charge in [-0.15, -0.1) is 0 Å². The normalized spacial score (nSPS) is 20.4.